The van der Waals surface area contributed by atoms with Gasteiger partial charge in [0.25, 0.3) is 10.1 Å². The normalized spacial score (nSPS) is 16.7. The van der Waals surface area contributed by atoms with E-state index in [1.807, 2.05) is 37.3 Å². The molecule has 3 aromatic carbocycles. The Morgan fingerprint density at radius 2 is 1.57 bits per heavy atom. The maximum Gasteiger partial charge on any atom is 0.294 e. The van der Waals surface area contributed by atoms with Crippen molar-refractivity contribution < 1.29 is 18.1 Å². The summed E-state index contributed by atoms with van der Waals surface area (Å²) < 4.78 is 29.6. The highest BCUT2D eigenvalue weighted by molar-refractivity contribution is 7.85. The smallest absolute Gasteiger partial charge is 0.294 e. The third kappa shape index (κ3) is 9.31. The molecule has 1 fully saturated rings. The minimum Gasteiger partial charge on any atom is -0.400 e. The van der Waals surface area contributed by atoms with Gasteiger partial charge in [-0.15, -0.1) is 0 Å². The number of aromatic amines is 1. The molecule has 5 aromatic rings. The lowest BCUT2D eigenvalue weighted by Crippen LogP contribution is -2.34. The number of halogens is 1. The van der Waals surface area contributed by atoms with Gasteiger partial charge >= 0.3 is 0 Å². The van der Waals surface area contributed by atoms with E-state index in [0.717, 1.165) is 60.9 Å². The summed E-state index contributed by atoms with van der Waals surface area (Å²) in [5.41, 5.74) is 7.39. The van der Waals surface area contributed by atoms with Crippen molar-refractivity contribution in [1.29, 1.82) is 0 Å². The number of nitrogens with one attached hydrogen (secondary N) is 2. The lowest BCUT2D eigenvalue weighted by Gasteiger charge is -2.31. The second-order valence-corrected chi connectivity index (χ2v) is 13.0. The Hall–Kier alpha value is -3.93. The fourth-order valence-corrected chi connectivity index (χ4v) is 6.22. The first-order valence-electron chi connectivity index (χ1n) is 15.1. The first kappa shape index (κ1) is 34.9. The molecular formula is C35H40ClN5O4S. The number of aromatic nitrogens is 4. The minimum absolute atomic E-state index is 0.0666. The Balaban J connectivity index is 0.000000312. The standard InChI is InChI=1S/C27H28ClN5.C7H8O3S.CH4O/c1-18(19-5-3-2-4-6-19)31-23-13-9-21(10-14-23)27-25(24-15-16-29-17-30-24)26(32-33-27)20-7-11-22(28)12-8-20;1-6-2-4-7(5-3-6)11(8,9)10;1-2/h2-8,11-12,15-18,21,23,31H,9-10,13-14H2,1H3,(H,32,33);2-5H,1H3,(H,8,9,10);2H,1H3/t18-,21?,23?;;/m1../s1. The van der Waals surface area contributed by atoms with Gasteiger partial charge in [-0.25, -0.2) is 9.97 Å². The van der Waals surface area contributed by atoms with Crippen LogP contribution in [-0.4, -0.2) is 51.4 Å². The Kier molecular flexibility index (Phi) is 12.6. The van der Waals surface area contributed by atoms with E-state index in [-0.39, 0.29) is 4.90 Å². The second kappa shape index (κ2) is 16.6. The molecule has 0 saturated heterocycles. The van der Waals surface area contributed by atoms with Crippen molar-refractivity contribution in [1.82, 2.24) is 25.5 Å². The molecule has 242 valence electrons. The van der Waals surface area contributed by atoms with Gasteiger partial charge in [-0.3, -0.25) is 9.65 Å². The molecule has 46 heavy (non-hydrogen) atoms. The van der Waals surface area contributed by atoms with Crippen molar-refractivity contribution in [3.63, 3.8) is 0 Å². The van der Waals surface area contributed by atoms with Gasteiger partial charge in [0, 0.05) is 53.2 Å². The van der Waals surface area contributed by atoms with Crippen LogP contribution in [0.5, 0.6) is 0 Å². The van der Waals surface area contributed by atoms with Gasteiger partial charge in [0.2, 0.25) is 0 Å². The van der Waals surface area contributed by atoms with Crippen molar-refractivity contribution >= 4 is 21.7 Å². The van der Waals surface area contributed by atoms with E-state index < -0.39 is 10.1 Å². The molecule has 2 heterocycles. The second-order valence-electron chi connectivity index (χ2n) is 11.1. The van der Waals surface area contributed by atoms with E-state index in [2.05, 4.69) is 57.6 Å². The van der Waals surface area contributed by atoms with Crippen LogP contribution in [0.15, 0.2) is 102 Å². The molecule has 1 aliphatic carbocycles. The average molecular weight is 662 g/mol. The van der Waals surface area contributed by atoms with Crippen LogP contribution in [-0.2, 0) is 10.1 Å². The quantitative estimate of drug-likeness (QED) is 0.132. The summed E-state index contributed by atoms with van der Waals surface area (Å²) >= 11 is 6.12. The lowest BCUT2D eigenvalue weighted by atomic mass is 9.81. The van der Waals surface area contributed by atoms with Gasteiger partial charge in [-0.05, 0) is 75.4 Å². The van der Waals surface area contributed by atoms with Crippen LogP contribution < -0.4 is 5.32 Å². The zero-order chi connectivity index (χ0) is 33.1. The Labute approximate surface area is 275 Å². The van der Waals surface area contributed by atoms with Crippen molar-refractivity contribution in [2.45, 2.75) is 62.4 Å². The van der Waals surface area contributed by atoms with E-state index in [9.17, 15) is 8.42 Å². The number of benzene rings is 3. The highest BCUT2D eigenvalue weighted by atomic mass is 35.5. The molecule has 6 rings (SSSR count). The number of aryl methyl sites for hydroxylation is 1. The fourth-order valence-electron chi connectivity index (χ4n) is 5.62. The summed E-state index contributed by atoms with van der Waals surface area (Å²) in [5.74, 6) is 0.425. The predicted octanol–water partition coefficient (Wildman–Crippen LogP) is 7.41. The SMILES string of the molecule is CO.C[C@@H](NC1CCC(c2[nH]nc(-c3ccc(Cl)cc3)c2-c2ccncn2)CC1)c1ccccc1.Cc1ccc(S(=O)(=O)O)cc1. The van der Waals surface area contributed by atoms with Crippen LogP contribution in [0.4, 0.5) is 0 Å². The Bertz CT molecular complexity index is 1740. The first-order valence-corrected chi connectivity index (χ1v) is 16.9. The highest BCUT2D eigenvalue weighted by Crippen LogP contribution is 2.41. The zero-order valence-electron chi connectivity index (χ0n) is 26.1. The molecule has 0 unspecified atom stereocenters. The van der Waals surface area contributed by atoms with E-state index in [4.69, 9.17) is 26.4 Å². The third-order valence-electron chi connectivity index (χ3n) is 7.99. The molecular weight excluding hydrogens is 622 g/mol. The van der Waals surface area contributed by atoms with Gasteiger partial charge in [0.15, 0.2) is 0 Å². The largest absolute Gasteiger partial charge is 0.400 e. The number of hydrogen-bond acceptors (Lipinski definition) is 7. The van der Waals surface area contributed by atoms with Crippen LogP contribution in [0.1, 0.15) is 61.4 Å². The lowest BCUT2D eigenvalue weighted by molar-refractivity contribution is 0.319. The van der Waals surface area contributed by atoms with Crippen molar-refractivity contribution in [3.05, 3.63) is 119 Å². The summed E-state index contributed by atoms with van der Waals surface area (Å²) in [7, 11) is -3.02. The molecule has 0 bridgehead atoms. The summed E-state index contributed by atoms with van der Waals surface area (Å²) in [4.78, 5) is 8.60. The molecule has 1 saturated carbocycles. The predicted molar refractivity (Wildman–Crippen MR) is 182 cm³/mol. The zero-order valence-corrected chi connectivity index (χ0v) is 27.7. The van der Waals surface area contributed by atoms with Crippen LogP contribution in [0.25, 0.3) is 22.5 Å². The first-order chi connectivity index (χ1) is 22.2. The third-order valence-corrected chi connectivity index (χ3v) is 9.11. The topological polar surface area (TPSA) is 141 Å². The summed E-state index contributed by atoms with van der Waals surface area (Å²) in [6.07, 6.45) is 7.89. The summed E-state index contributed by atoms with van der Waals surface area (Å²) in [6, 6.07) is 27.3. The van der Waals surface area contributed by atoms with Crippen LogP contribution in [0.2, 0.25) is 5.02 Å². The molecule has 0 aliphatic heterocycles. The maximum absolute atomic E-state index is 10.5. The van der Waals surface area contributed by atoms with Gasteiger partial charge in [-0.2, -0.15) is 13.5 Å². The molecule has 0 radical (unpaired) electrons. The fraction of sp³-hybridized carbons (Fsp3) is 0.286. The molecule has 1 atom stereocenters. The number of H-pyrrole nitrogens is 1. The molecule has 0 spiro atoms. The van der Waals surface area contributed by atoms with Gasteiger partial charge in [0.05, 0.1) is 10.6 Å². The number of aliphatic hydroxyl groups is 1. The van der Waals surface area contributed by atoms with E-state index in [0.29, 0.717) is 23.0 Å². The van der Waals surface area contributed by atoms with Crippen LogP contribution in [0.3, 0.4) is 0 Å². The Morgan fingerprint density at radius 3 is 2.15 bits per heavy atom. The van der Waals surface area contributed by atoms with Crippen LogP contribution in [0, 0.1) is 6.92 Å². The highest BCUT2D eigenvalue weighted by Gasteiger charge is 2.29. The van der Waals surface area contributed by atoms with Gasteiger partial charge in [-0.1, -0.05) is 71.8 Å². The molecule has 0 amide bonds. The van der Waals surface area contributed by atoms with Gasteiger partial charge < -0.3 is 10.4 Å². The van der Waals surface area contributed by atoms with Gasteiger partial charge in [0.1, 0.15) is 12.0 Å². The van der Waals surface area contributed by atoms with E-state index in [1.165, 1.54) is 23.4 Å². The Morgan fingerprint density at radius 1 is 0.913 bits per heavy atom. The van der Waals surface area contributed by atoms with Crippen molar-refractivity contribution in [2.75, 3.05) is 7.11 Å². The number of hydrogen-bond donors (Lipinski definition) is 4. The average Bonchev–Trinajstić information content (AvgIpc) is 3.52. The van der Waals surface area contributed by atoms with Crippen molar-refractivity contribution in [2.24, 2.45) is 0 Å². The number of rotatable bonds is 7. The van der Waals surface area contributed by atoms with Crippen LogP contribution >= 0.6 is 11.6 Å². The molecule has 9 nitrogen and oxygen atoms in total. The van der Waals surface area contributed by atoms with E-state index in [1.54, 1.807) is 24.7 Å². The molecule has 2 aromatic heterocycles. The maximum atomic E-state index is 10.5. The van der Waals surface area contributed by atoms with Crippen molar-refractivity contribution in [3.8, 4) is 22.5 Å². The number of nitrogens with zero attached hydrogens (tertiary/aromatic N) is 3. The minimum atomic E-state index is -4.02. The molecule has 11 heteroatoms. The molecule has 4 N–H and O–H groups in total. The summed E-state index contributed by atoms with van der Waals surface area (Å²) in [5, 5.41) is 19.7. The number of aliphatic hydroxyl groups excluding tert-OH is 1. The summed E-state index contributed by atoms with van der Waals surface area (Å²) in [6.45, 7) is 4.09. The van der Waals surface area contributed by atoms with E-state index >= 15 is 0 Å². The monoisotopic (exact) mass is 661 g/mol. The molecule has 1 aliphatic rings.